The Morgan fingerprint density at radius 3 is 2.84 bits per heavy atom. The molecule has 1 unspecified atom stereocenters. The first-order valence-electron chi connectivity index (χ1n) is 5.65. The van der Waals surface area contributed by atoms with Crippen molar-refractivity contribution in [3.8, 4) is 0 Å². The molecule has 1 aromatic heterocycles. The molecule has 1 rings (SSSR count). The van der Waals surface area contributed by atoms with E-state index in [1.54, 1.807) is 21.1 Å². The van der Waals surface area contributed by atoms with Crippen LogP contribution in [0.3, 0.4) is 0 Å². The lowest BCUT2D eigenvalue weighted by molar-refractivity contribution is 0.0691. The predicted molar refractivity (Wildman–Crippen MR) is 70.5 cm³/mol. The molecule has 106 valence electrons. The fourth-order valence-electron chi connectivity index (χ4n) is 1.27. The Bertz CT molecular complexity index is 449. The smallest absolute Gasteiger partial charge is 0.355 e. The van der Waals surface area contributed by atoms with Gasteiger partial charge in [0, 0.05) is 26.1 Å². The van der Waals surface area contributed by atoms with Crippen LogP contribution in [0.2, 0.25) is 0 Å². The van der Waals surface area contributed by atoms with Gasteiger partial charge < -0.3 is 20.1 Å². The summed E-state index contributed by atoms with van der Waals surface area (Å²) in [6.45, 7) is 2.69. The molecule has 1 heterocycles. The number of nitrogens with zero attached hydrogens (tertiary/aromatic N) is 2. The van der Waals surface area contributed by atoms with Gasteiger partial charge in [0.25, 0.3) is 0 Å². The number of likely N-dealkylation sites (N-methyl/N-ethyl adjacent to an activating group) is 1. The summed E-state index contributed by atoms with van der Waals surface area (Å²) in [5.41, 5.74) is -0.00571. The molecule has 0 radical (unpaired) electrons. The zero-order valence-electron chi connectivity index (χ0n) is 11.0. The molecule has 0 bridgehead atoms. The molecule has 1 atom stereocenters. The normalized spacial score (nSPS) is 11.9. The fourth-order valence-corrected chi connectivity index (χ4v) is 2.07. The Kier molecular flexibility index (Phi) is 5.71. The molecule has 0 aliphatic carbocycles. The van der Waals surface area contributed by atoms with Crippen LogP contribution in [0.4, 0.5) is 4.79 Å². The second-order valence-electron chi connectivity index (χ2n) is 3.96. The van der Waals surface area contributed by atoms with E-state index >= 15 is 0 Å². The van der Waals surface area contributed by atoms with Crippen LogP contribution in [-0.4, -0.2) is 54.3 Å². The number of carboxylic acids is 1. The second-order valence-corrected chi connectivity index (χ2v) is 4.85. The van der Waals surface area contributed by atoms with Gasteiger partial charge in [0.1, 0.15) is 5.01 Å². The van der Waals surface area contributed by atoms with Crippen LogP contribution in [0.25, 0.3) is 0 Å². The van der Waals surface area contributed by atoms with Gasteiger partial charge in [-0.25, -0.2) is 14.6 Å². The van der Waals surface area contributed by atoms with Gasteiger partial charge in [0.15, 0.2) is 5.69 Å². The molecule has 7 nitrogen and oxygen atoms in total. The maximum absolute atomic E-state index is 11.8. The summed E-state index contributed by atoms with van der Waals surface area (Å²) in [6.07, 6.45) is 0. The molecule has 2 N–H and O–H groups in total. The van der Waals surface area contributed by atoms with Crippen molar-refractivity contribution in [3.63, 3.8) is 0 Å². The number of nitrogens with one attached hydrogen (secondary N) is 1. The Balaban J connectivity index is 2.55. The molecule has 19 heavy (non-hydrogen) atoms. The van der Waals surface area contributed by atoms with Crippen LogP contribution >= 0.6 is 11.3 Å². The topological polar surface area (TPSA) is 91.8 Å². The Hall–Kier alpha value is -1.67. The number of hydrogen-bond donors (Lipinski definition) is 2. The number of methoxy groups -OCH3 is 1. The minimum Gasteiger partial charge on any atom is -0.476 e. The number of aromatic carboxylic acids is 1. The minimum absolute atomic E-state index is 0.00571. The molecular formula is C11H17N3O4S. The van der Waals surface area contributed by atoms with Gasteiger partial charge in [-0.3, -0.25) is 0 Å². The summed E-state index contributed by atoms with van der Waals surface area (Å²) < 4.78 is 4.88. The van der Waals surface area contributed by atoms with Gasteiger partial charge in [-0.1, -0.05) is 0 Å². The standard InChI is InChI=1S/C11H17N3O4S/c1-7(9-13-8(6-19-9)10(15)16)12-11(17)14(2)4-5-18-3/h6-7H,4-5H2,1-3H3,(H,12,17)(H,15,16). The zero-order valence-corrected chi connectivity index (χ0v) is 11.9. The Morgan fingerprint density at radius 2 is 2.32 bits per heavy atom. The van der Waals surface area contributed by atoms with Crippen LogP contribution in [-0.2, 0) is 4.74 Å². The summed E-state index contributed by atoms with van der Waals surface area (Å²) in [5, 5.41) is 13.5. The van der Waals surface area contributed by atoms with E-state index in [-0.39, 0.29) is 17.8 Å². The van der Waals surface area contributed by atoms with Crippen LogP contribution in [0.1, 0.15) is 28.5 Å². The molecule has 0 spiro atoms. The number of rotatable bonds is 6. The van der Waals surface area contributed by atoms with Gasteiger partial charge in [0.2, 0.25) is 0 Å². The van der Waals surface area contributed by atoms with E-state index in [4.69, 9.17) is 9.84 Å². The van der Waals surface area contributed by atoms with E-state index in [9.17, 15) is 9.59 Å². The molecule has 8 heteroatoms. The molecule has 0 aromatic carbocycles. The van der Waals surface area contributed by atoms with Crippen molar-refractivity contribution in [1.29, 1.82) is 0 Å². The number of carbonyl (C=O) groups excluding carboxylic acids is 1. The minimum atomic E-state index is -1.07. The third-order valence-electron chi connectivity index (χ3n) is 2.43. The van der Waals surface area contributed by atoms with E-state index in [1.807, 2.05) is 0 Å². The monoisotopic (exact) mass is 287 g/mol. The summed E-state index contributed by atoms with van der Waals surface area (Å²) in [6, 6.07) is -0.591. The van der Waals surface area contributed by atoms with Crippen molar-refractivity contribution in [2.45, 2.75) is 13.0 Å². The SMILES string of the molecule is COCCN(C)C(=O)NC(C)c1nc(C(=O)O)cs1. The number of amides is 2. The van der Waals surface area contributed by atoms with Gasteiger partial charge in [-0.05, 0) is 6.92 Å². The number of carbonyl (C=O) groups is 2. The maximum atomic E-state index is 11.8. The highest BCUT2D eigenvalue weighted by atomic mass is 32.1. The van der Waals surface area contributed by atoms with Crippen molar-refractivity contribution in [3.05, 3.63) is 16.1 Å². The first kappa shape index (κ1) is 15.4. The van der Waals surface area contributed by atoms with Crippen molar-refractivity contribution < 1.29 is 19.4 Å². The van der Waals surface area contributed by atoms with E-state index < -0.39 is 5.97 Å². The molecule has 0 saturated carbocycles. The summed E-state index contributed by atoms with van der Waals surface area (Å²) in [5.74, 6) is -1.07. The maximum Gasteiger partial charge on any atom is 0.355 e. The Labute approximate surface area is 115 Å². The average Bonchev–Trinajstić information content (AvgIpc) is 2.85. The molecule has 0 saturated heterocycles. The molecular weight excluding hydrogens is 270 g/mol. The van der Waals surface area contributed by atoms with E-state index in [2.05, 4.69) is 10.3 Å². The Morgan fingerprint density at radius 1 is 1.63 bits per heavy atom. The lowest BCUT2D eigenvalue weighted by Crippen LogP contribution is -2.40. The highest BCUT2D eigenvalue weighted by Crippen LogP contribution is 2.18. The highest BCUT2D eigenvalue weighted by Gasteiger charge is 2.17. The summed E-state index contributed by atoms with van der Waals surface area (Å²) in [7, 11) is 3.23. The van der Waals surface area contributed by atoms with Crippen molar-refractivity contribution in [1.82, 2.24) is 15.2 Å². The summed E-state index contributed by atoms with van der Waals surface area (Å²) in [4.78, 5) is 28.0. The first-order valence-corrected chi connectivity index (χ1v) is 6.53. The average molecular weight is 287 g/mol. The number of ether oxygens (including phenoxy) is 1. The van der Waals surface area contributed by atoms with Gasteiger partial charge >= 0.3 is 12.0 Å². The molecule has 1 aromatic rings. The molecule has 0 aliphatic heterocycles. The predicted octanol–water partition coefficient (Wildman–Crippen LogP) is 1.19. The highest BCUT2D eigenvalue weighted by molar-refractivity contribution is 7.09. The van der Waals surface area contributed by atoms with Crippen LogP contribution in [0.15, 0.2) is 5.38 Å². The van der Waals surface area contributed by atoms with Gasteiger partial charge in [0.05, 0.1) is 12.6 Å². The lowest BCUT2D eigenvalue weighted by Gasteiger charge is -2.20. The third kappa shape index (κ3) is 4.49. The van der Waals surface area contributed by atoms with Crippen LogP contribution in [0.5, 0.6) is 0 Å². The zero-order chi connectivity index (χ0) is 14.4. The number of carboxylic acid groups (broad SMARTS) is 1. The molecule has 2 amide bonds. The third-order valence-corrected chi connectivity index (χ3v) is 3.46. The number of hydrogen-bond acceptors (Lipinski definition) is 5. The van der Waals surface area contributed by atoms with Crippen LogP contribution in [0, 0.1) is 0 Å². The summed E-state index contributed by atoms with van der Waals surface area (Å²) >= 11 is 1.21. The lowest BCUT2D eigenvalue weighted by atomic mass is 10.3. The number of urea groups is 1. The number of aromatic nitrogens is 1. The second kappa shape index (κ2) is 7.05. The van der Waals surface area contributed by atoms with E-state index in [1.165, 1.54) is 21.6 Å². The van der Waals surface area contributed by atoms with Gasteiger partial charge in [-0.15, -0.1) is 11.3 Å². The molecule has 0 aliphatic rings. The van der Waals surface area contributed by atoms with Crippen molar-refractivity contribution in [2.24, 2.45) is 0 Å². The van der Waals surface area contributed by atoms with Gasteiger partial charge in [-0.2, -0.15) is 0 Å². The van der Waals surface area contributed by atoms with E-state index in [0.29, 0.717) is 18.2 Å². The van der Waals surface area contributed by atoms with Crippen molar-refractivity contribution >= 4 is 23.3 Å². The first-order chi connectivity index (χ1) is 8.95. The number of thiazole rings is 1. The van der Waals surface area contributed by atoms with Crippen LogP contribution < -0.4 is 5.32 Å². The largest absolute Gasteiger partial charge is 0.476 e. The molecule has 0 fully saturated rings. The van der Waals surface area contributed by atoms with E-state index in [0.717, 1.165) is 0 Å². The van der Waals surface area contributed by atoms with Crippen molar-refractivity contribution in [2.75, 3.05) is 27.3 Å². The fraction of sp³-hybridized carbons (Fsp3) is 0.545. The quantitative estimate of drug-likeness (QED) is 0.820.